The highest BCUT2D eigenvalue weighted by atomic mass is 32.2. The van der Waals surface area contributed by atoms with E-state index < -0.39 is 10.1 Å². The van der Waals surface area contributed by atoms with Crippen molar-refractivity contribution in [3.63, 3.8) is 0 Å². The summed E-state index contributed by atoms with van der Waals surface area (Å²) in [6.07, 6.45) is 0.332. The summed E-state index contributed by atoms with van der Waals surface area (Å²) in [6, 6.07) is 5.40. The summed E-state index contributed by atoms with van der Waals surface area (Å²) in [7, 11) is -3.95. The second-order valence-corrected chi connectivity index (χ2v) is 7.47. The molecule has 7 heteroatoms. The summed E-state index contributed by atoms with van der Waals surface area (Å²) in [5.74, 6) is 0.216. The van der Waals surface area contributed by atoms with Crippen LogP contribution in [0.2, 0.25) is 0 Å². The molecule has 0 bridgehead atoms. The van der Waals surface area contributed by atoms with Gasteiger partial charge in [0.1, 0.15) is 12.3 Å². The average molecular weight is 326 g/mol. The van der Waals surface area contributed by atoms with Gasteiger partial charge in [0.25, 0.3) is 16.6 Å². The third-order valence-corrected chi connectivity index (χ3v) is 5.01. The van der Waals surface area contributed by atoms with Crippen molar-refractivity contribution in [2.75, 3.05) is 12.3 Å². The molecule has 0 spiro atoms. The summed E-state index contributed by atoms with van der Waals surface area (Å²) in [6.45, 7) is 7.01. The van der Waals surface area contributed by atoms with Crippen molar-refractivity contribution in [1.82, 2.24) is 0 Å². The molecule has 0 aromatic heterocycles. The molecule has 0 aliphatic carbocycles. The Morgan fingerprint density at radius 2 is 2.05 bits per heavy atom. The molecule has 22 heavy (non-hydrogen) atoms. The Kier molecular flexibility index (Phi) is 4.39. The normalized spacial score (nSPS) is 16.5. The number of hydrogen-bond donors (Lipinski definition) is 1. The molecule has 1 aliphatic rings. The second-order valence-electron chi connectivity index (χ2n) is 5.89. The number of carbonyl (C=O) groups excluding carboxylic acids is 1. The molecule has 1 N–H and O–H groups in total. The molecular weight excluding hydrogens is 306 g/mol. The van der Waals surface area contributed by atoms with E-state index in [-0.39, 0.29) is 11.2 Å². The quantitative estimate of drug-likeness (QED) is 0.490. The minimum atomic E-state index is -3.95. The van der Waals surface area contributed by atoms with Crippen LogP contribution >= 0.6 is 0 Å². The fraction of sp³-hybridized carbons (Fsp3) is 0.467. The number of benzene rings is 1. The molecule has 0 unspecified atom stereocenters. The lowest BCUT2D eigenvalue weighted by Gasteiger charge is -2.15. The molecule has 2 rings (SSSR count). The first-order chi connectivity index (χ1) is 10.2. The molecular formula is C15H20NO5S+. The number of carbonyl (C=O) groups is 1. The molecule has 0 radical (unpaired) electrons. The predicted octanol–water partition coefficient (Wildman–Crippen LogP) is 1.90. The fourth-order valence-corrected chi connectivity index (χ4v) is 3.28. The second kappa shape index (κ2) is 5.81. The minimum absolute atomic E-state index is 0.240. The van der Waals surface area contributed by atoms with Crippen LogP contribution in [-0.2, 0) is 20.3 Å². The average Bonchev–Trinajstić information content (AvgIpc) is 2.59. The Morgan fingerprint density at radius 1 is 1.36 bits per heavy atom. The highest BCUT2D eigenvalue weighted by Gasteiger charge is 2.43. The molecule has 1 heterocycles. The standard InChI is InChI=1S/C15H19NO5S/c1-11-15(2,3)13-9-12(21-10-17)5-6-14(13)16(11)7-4-8-22(18,19)20/h5-6,9-10H,4,7-8H2,1-3H3/p+1. The van der Waals surface area contributed by atoms with Gasteiger partial charge in [-0.05, 0) is 26.0 Å². The molecule has 0 saturated heterocycles. The summed E-state index contributed by atoms with van der Waals surface area (Å²) < 4.78 is 37.5. The lowest BCUT2D eigenvalue weighted by Crippen LogP contribution is -2.27. The first-order valence-electron chi connectivity index (χ1n) is 6.98. The first-order valence-corrected chi connectivity index (χ1v) is 8.59. The van der Waals surface area contributed by atoms with Gasteiger partial charge in [0, 0.05) is 25.0 Å². The van der Waals surface area contributed by atoms with Gasteiger partial charge in [-0.2, -0.15) is 13.0 Å². The van der Waals surface area contributed by atoms with Crippen molar-refractivity contribution in [2.24, 2.45) is 0 Å². The van der Waals surface area contributed by atoms with Crippen LogP contribution in [-0.4, -0.2) is 42.0 Å². The molecule has 0 amide bonds. The van der Waals surface area contributed by atoms with E-state index in [1.165, 1.54) is 0 Å². The third-order valence-electron chi connectivity index (χ3n) is 4.21. The number of ether oxygens (including phenoxy) is 1. The van der Waals surface area contributed by atoms with Gasteiger partial charge in [0.15, 0.2) is 5.71 Å². The summed E-state index contributed by atoms with van der Waals surface area (Å²) >= 11 is 0. The number of fused-ring (bicyclic) bond motifs is 1. The van der Waals surface area contributed by atoms with Crippen molar-refractivity contribution in [3.8, 4) is 5.75 Å². The van der Waals surface area contributed by atoms with Gasteiger partial charge in [-0.1, -0.05) is 0 Å². The Labute approximate surface area is 130 Å². The molecule has 1 aliphatic heterocycles. The van der Waals surface area contributed by atoms with E-state index in [4.69, 9.17) is 9.29 Å². The minimum Gasteiger partial charge on any atom is -0.429 e. The monoisotopic (exact) mass is 326 g/mol. The molecule has 120 valence electrons. The van der Waals surface area contributed by atoms with Crippen LogP contribution in [0.1, 0.15) is 32.8 Å². The zero-order valence-corrected chi connectivity index (χ0v) is 13.7. The molecule has 0 fully saturated rings. The van der Waals surface area contributed by atoms with E-state index in [2.05, 4.69) is 13.8 Å². The van der Waals surface area contributed by atoms with Crippen LogP contribution in [0.25, 0.3) is 0 Å². The maximum Gasteiger partial charge on any atom is 0.298 e. The maximum absolute atomic E-state index is 10.9. The Balaban J connectivity index is 2.32. The van der Waals surface area contributed by atoms with Gasteiger partial charge in [0.05, 0.1) is 11.2 Å². The van der Waals surface area contributed by atoms with Gasteiger partial charge >= 0.3 is 0 Å². The Hall–Kier alpha value is -1.73. The fourth-order valence-electron chi connectivity index (χ4n) is 2.79. The first kappa shape index (κ1) is 16.6. The summed E-state index contributed by atoms with van der Waals surface area (Å²) in [5.41, 5.74) is 2.84. The van der Waals surface area contributed by atoms with Gasteiger partial charge in [-0.15, -0.1) is 0 Å². The van der Waals surface area contributed by atoms with Crippen molar-refractivity contribution in [2.45, 2.75) is 32.6 Å². The van der Waals surface area contributed by atoms with Crippen LogP contribution in [0.5, 0.6) is 5.75 Å². The molecule has 1 aromatic carbocycles. The zero-order valence-electron chi connectivity index (χ0n) is 12.9. The third kappa shape index (κ3) is 3.20. The highest BCUT2D eigenvalue weighted by molar-refractivity contribution is 7.85. The SMILES string of the molecule is CC1=[N+](CCCS(=O)(=O)O)c2ccc(OC=O)cc2C1(C)C. The van der Waals surface area contributed by atoms with Crippen LogP contribution < -0.4 is 4.74 Å². The van der Waals surface area contributed by atoms with Gasteiger partial charge < -0.3 is 4.74 Å². The van der Waals surface area contributed by atoms with Crippen LogP contribution in [0.15, 0.2) is 18.2 Å². The van der Waals surface area contributed by atoms with E-state index in [9.17, 15) is 13.2 Å². The lowest BCUT2D eigenvalue weighted by atomic mass is 9.82. The number of rotatable bonds is 6. The van der Waals surface area contributed by atoms with E-state index in [1.54, 1.807) is 6.07 Å². The molecule has 6 nitrogen and oxygen atoms in total. The van der Waals surface area contributed by atoms with E-state index in [0.29, 0.717) is 25.2 Å². The Bertz CT molecular complexity index is 734. The number of hydrogen-bond acceptors (Lipinski definition) is 4. The topological polar surface area (TPSA) is 83.7 Å². The van der Waals surface area contributed by atoms with E-state index >= 15 is 0 Å². The smallest absolute Gasteiger partial charge is 0.298 e. The van der Waals surface area contributed by atoms with E-state index in [1.807, 2.05) is 23.6 Å². The molecule has 0 atom stereocenters. The van der Waals surface area contributed by atoms with Crippen molar-refractivity contribution in [1.29, 1.82) is 0 Å². The van der Waals surface area contributed by atoms with Gasteiger partial charge in [-0.3, -0.25) is 9.35 Å². The molecule has 1 aromatic rings. The van der Waals surface area contributed by atoms with Crippen molar-refractivity contribution in [3.05, 3.63) is 23.8 Å². The Morgan fingerprint density at radius 3 is 2.64 bits per heavy atom. The highest BCUT2D eigenvalue weighted by Crippen LogP contribution is 2.41. The summed E-state index contributed by atoms with van der Waals surface area (Å²) in [4.78, 5) is 10.5. The van der Waals surface area contributed by atoms with Crippen LogP contribution in [0.4, 0.5) is 5.69 Å². The summed E-state index contributed by atoms with van der Waals surface area (Å²) in [5, 5.41) is 0. The van der Waals surface area contributed by atoms with E-state index in [0.717, 1.165) is 17.0 Å². The molecule has 0 saturated carbocycles. The number of nitrogens with zero attached hydrogens (tertiary/aromatic N) is 1. The van der Waals surface area contributed by atoms with Crippen molar-refractivity contribution >= 4 is 28.0 Å². The maximum atomic E-state index is 10.9. The van der Waals surface area contributed by atoms with Crippen molar-refractivity contribution < 1.29 is 27.1 Å². The van der Waals surface area contributed by atoms with Gasteiger partial charge in [-0.25, -0.2) is 0 Å². The van der Waals surface area contributed by atoms with Gasteiger partial charge in [0.2, 0.25) is 5.69 Å². The lowest BCUT2D eigenvalue weighted by molar-refractivity contribution is -0.438. The zero-order chi connectivity index (χ0) is 16.5. The van der Waals surface area contributed by atoms with Crippen LogP contribution in [0.3, 0.4) is 0 Å². The predicted molar refractivity (Wildman–Crippen MR) is 82.7 cm³/mol. The largest absolute Gasteiger partial charge is 0.429 e. The van der Waals surface area contributed by atoms with Crippen LogP contribution in [0, 0.1) is 0 Å².